The molecule has 6 nitrogen and oxygen atoms in total. The topological polar surface area (TPSA) is 69.0 Å². The Balaban J connectivity index is 1.51. The number of nitrogens with zero attached hydrogens (tertiary/aromatic N) is 3. The van der Waals surface area contributed by atoms with Gasteiger partial charge in [-0.15, -0.1) is 10.2 Å². The number of nitrogens with one attached hydrogen (secondary N) is 1. The second-order valence-electron chi connectivity index (χ2n) is 10.0. The highest BCUT2D eigenvalue weighted by Gasteiger charge is 2.33. The van der Waals surface area contributed by atoms with Gasteiger partial charge in [-0.2, -0.15) is 13.2 Å². The fourth-order valence-electron chi connectivity index (χ4n) is 4.75. The molecule has 210 valence electrons. The minimum atomic E-state index is -4.56. The van der Waals surface area contributed by atoms with Crippen molar-refractivity contribution in [1.29, 1.82) is 0 Å². The second-order valence-corrected chi connectivity index (χ2v) is 11.8. The SMILES string of the molecule is Cc1cc(OCc2nnc(SCC(=O)Nc3ccccc3C(F)(F)F)n2C2CCCCC2)c(C(C)C)cc1Br. The van der Waals surface area contributed by atoms with E-state index in [0.717, 1.165) is 53.1 Å². The Morgan fingerprint density at radius 3 is 2.59 bits per heavy atom. The van der Waals surface area contributed by atoms with Crippen LogP contribution in [0.1, 0.15) is 80.4 Å². The fourth-order valence-corrected chi connectivity index (χ4v) is 5.94. The first-order valence-corrected chi connectivity index (χ1v) is 14.8. The van der Waals surface area contributed by atoms with Crippen molar-refractivity contribution >= 4 is 39.3 Å². The number of carbonyl (C=O) groups is 1. The summed E-state index contributed by atoms with van der Waals surface area (Å²) >= 11 is 4.77. The van der Waals surface area contributed by atoms with E-state index in [1.165, 1.54) is 36.4 Å². The van der Waals surface area contributed by atoms with E-state index in [1.54, 1.807) is 0 Å². The minimum Gasteiger partial charge on any atom is -0.485 e. The molecule has 0 bridgehead atoms. The number of alkyl halides is 3. The maximum atomic E-state index is 13.3. The number of rotatable bonds is 9. The van der Waals surface area contributed by atoms with Crippen LogP contribution in [0.15, 0.2) is 46.0 Å². The summed E-state index contributed by atoms with van der Waals surface area (Å²) in [6.07, 6.45) is 0.729. The van der Waals surface area contributed by atoms with Gasteiger partial charge in [0.05, 0.1) is 17.0 Å². The zero-order chi connectivity index (χ0) is 28.2. The van der Waals surface area contributed by atoms with Crippen LogP contribution >= 0.6 is 27.7 Å². The molecule has 0 atom stereocenters. The highest BCUT2D eigenvalue weighted by Crippen LogP contribution is 2.36. The number of aryl methyl sites for hydroxylation is 1. The molecule has 1 N–H and O–H groups in total. The summed E-state index contributed by atoms with van der Waals surface area (Å²) in [4.78, 5) is 12.6. The standard InChI is InChI=1S/C28H32BrF3N4O2S/c1-17(2)20-14-22(29)18(3)13-24(20)38-15-25-34-35-27(36(25)19-9-5-4-6-10-19)39-16-26(37)33-23-12-8-7-11-21(23)28(30,31)32/h7-8,11-14,17,19H,4-6,9-10,15-16H2,1-3H3,(H,33,37). The van der Waals surface area contributed by atoms with E-state index < -0.39 is 17.6 Å². The fraction of sp³-hybridized carbons (Fsp3) is 0.464. The van der Waals surface area contributed by atoms with Gasteiger partial charge >= 0.3 is 6.18 Å². The first kappa shape index (κ1) is 29.5. The molecule has 0 radical (unpaired) electrons. The number of amides is 1. The van der Waals surface area contributed by atoms with Crippen molar-refractivity contribution in [3.8, 4) is 5.75 Å². The van der Waals surface area contributed by atoms with Crippen LogP contribution in [0.5, 0.6) is 5.75 Å². The third kappa shape index (κ3) is 7.36. The molecule has 11 heteroatoms. The van der Waals surface area contributed by atoms with Gasteiger partial charge in [-0.25, -0.2) is 0 Å². The lowest BCUT2D eigenvalue weighted by molar-refractivity contribution is -0.137. The third-order valence-electron chi connectivity index (χ3n) is 6.78. The Kier molecular flexibility index (Phi) is 9.64. The maximum absolute atomic E-state index is 13.3. The molecule has 1 amide bonds. The quantitative estimate of drug-likeness (QED) is 0.242. The summed E-state index contributed by atoms with van der Waals surface area (Å²) in [7, 11) is 0. The summed E-state index contributed by atoms with van der Waals surface area (Å²) in [5.41, 5.74) is 1.01. The monoisotopic (exact) mass is 624 g/mol. The zero-order valence-electron chi connectivity index (χ0n) is 22.1. The Bertz CT molecular complexity index is 1310. The summed E-state index contributed by atoms with van der Waals surface area (Å²) in [6, 6.07) is 9.23. The Morgan fingerprint density at radius 2 is 1.90 bits per heavy atom. The number of thioether (sulfide) groups is 1. The third-order valence-corrected chi connectivity index (χ3v) is 8.58. The van der Waals surface area contributed by atoms with E-state index in [-0.39, 0.29) is 30.0 Å². The summed E-state index contributed by atoms with van der Waals surface area (Å²) in [6.45, 7) is 6.46. The Labute approximate surface area is 239 Å². The van der Waals surface area contributed by atoms with Crippen LogP contribution in [0.3, 0.4) is 0 Å². The smallest absolute Gasteiger partial charge is 0.418 e. The molecule has 0 unspecified atom stereocenters. The van der Waals surface area contributed by atoms with Gasteiger partial charge in [-0.1, -0.05) is 72.9 Å². The molecular weight excluding hydrogens is 593 g/mol. The minimum absolute atomic E-state index is 0.0959. The van der Waals surface area contributed by atoms with Crippen molar-refractivity contribution in [2.24, 2.45) is 0 Å². The largest absolute Gasteiger partial charge is 0.485 e. The second kappa shape index (κ2) is 12.8. The van der Waals surface area contributed by atoms with Gasteiger partial charge < -0.3 is 10.1 Å². The van der Waals surface area contributed by atoms with Crippen molar-refractivity contribution in [2.75, 3.05) is 11.1 Å². The molecule has 1 aliphatic carbocycles. The van der Waals surface area contributed by atoms with Crippen molar-refractivity contribution < 1.29 is 22.7 Å². The van der Waals surface area contributed by atoms with Crippen LogP contribution in [0.4, 0.5) is 18.9 Å². The lowest BCUT2D eigenvalue weighted by Gasteiger charge is -2.25. The molecule has 3 aromatic rings. The van der Waals surface area contributed by atoms with Gasteiger partial charge in [0, 0.05) is 10.5 Å². The first-order valence-electron chi connectivity index (χ1n) is 13.0. The molecule has 39 heavy (non-hydrogen) atoms. The van der Waals surface area contributed by atoms with Gasteiger partial charge in [0.1, 0.15) is 12.4 Å². The lowest BCUT2D eigenvalue weighted by Crippen LogP contribution is -2.20. The predicted molar refractivity (Wildman–Crippen MR) is 150 cm³/mol. The van der Waals surface area contributed by atoms with Crippen molar-refractivity contribution in [1.82, 2.24) is 14.8 Å². The normalized spacial score (nSPS) is 14.6. The van der Waals surface area contributed by atoms with E-state index >= 15 is 0 Å². The van der Waals surface area contributed by atoms with Crippen LogP contribution in [0.2, 0.25) is 0 Å². The Morgan fingerprint density at radius 1 is 1.18 bits per heavy atom. The number of benzene rings is 2. The van der Waals surface area contributed by atoms with Gasteiger partial charge in [0.2, 0.25) is 5.91 Å². The number of halogens is 4. The molecule has 4 rings (SSSR count). The molecule has 0 spiro atoms. The molecular formula is C28H32BrF3N4O2S. The van der Waals surface area contributed by atoms with Gasteiger partial charge in [0.15, 0.2) is 11.0 Å². The van der Waals surface area contributed by atoms with Crippen molar-refractivity contribution in [3.05, 3.63) is 63.4 Å². The summed E-state index contributed by atoms with van der Waals surface area (Å²) in [5.74, 6) is 1.09. The van der Waals surface area contributed by atoms with Gasteiger partial charge in [0.25, 0.3) is 0 Å². The van der Waals surface area contributed by atoms with E-state index in [1.807, 2.05) is 13.0 Å². The van der Waals surface area contributed by atoms with E-state index in [2.05, 4.69) is 55.9 Å². The number of hydrogen-bond acceptors (Lipinski definition) is 5. The number of ether oxygens (including phenoxy) is 1. The van der Waals surface area contributed by atoms with Gasteiger partial charge in [-0.05, 0) is 61.1 Å². The molecule has 0 saturated heterocycles. The molecule has 1 saturated carbocycles. The summed E-state index contributed by atoms with van der Waals surface area (Å²) in [5, 5.41) is 11.7. The number of hydrogen-bond donors (Lipinski definition) is 1. The van der Waals surface area contributed by atoms with Crippen LogP contribution in [0.25, 0.3) is 0 Å². The molecule has 0 aliphatic heterocycles. The van der Waals surface area contributed by atoms with Crippen molar-refractivity contribution in [3.63, 3.8) is 0 Å². The van der Waals surface area contributed by atoms with E-state index in [0.29, 0.717) is 11.0 Å². The number of carbonyl (C=O) groups excluding carboxylic acids is 1. The average Bonchev–Trinajstić information content (AvgIpc) is 3.30. The lowest BCUT2D eigenvalue weighted by atomic mass is 9.95. The number of para-hydroxylation sites is 1. The highest BCUT2D eigenvalue weighted by molar-refractivity contribution is 9.10. The molecule has 1 fully saturated rings. The first-order chi connectivity index (χ1) is 18.5. The maximum Gasteiger partial charge on any atom is 0.418 e. The van der Waals surface area contributed by atoms with Crippen LogP contribution in [0, 0.1) is 6.92 Å². The van der Waals surface area contributed by atoms with Crippen molar-refractivity contribution in [2.45, 2.75) is 82.8 Å². The zero-order valence-corrected chi connectivity index (χ0v) is 24.5. The number of aromatic nitrogens is 3. The molecule has 1 aromatic heterocycles. The van der Waals surface area contributed by atoms with E-state index in [4.69, 9.17) is 4.74 Å². The summed E-state index contributed by atoms with van der Waals surface area (Å²) < 4.78 is 49.3. The molecule has 2 aromatic carbocycles. The number of anilines is 1. The molecule has 1 heterocycles. The predicted octanol–water partition coefficient (Wildman–Crippen LogP) is 8.31. The van der Waals surface area contributed by atoms with Crippen LogP contribution in [-0.4, -0.2) is 26.4 Å². The van der Waals surface area contributed by atoms with Crippen LogP contribution < -0.4 is 10.1 Å². The van der Waals surface area contributed by atoms with Crippen LogP contribution in [-0.2, 0) is 17.6 Å². The average molecular weight is 626 g/mol. The highest BCUT2D eigenvalue weighted by atomic mass is 79.9. The van der Waals surface area contributed by atoms with E-state index in [9.17, 15) is 18.0 Å². The van der Waals surface area contributed by atoms with Gasteiger partial charge in [-0.3, -0.25) is 9.36 Å². The Hall–Kier alpha value is -2.53. The molecule has 1 aliphatic rings.